The number of aryl methyl sites for hydroxylation is 2. The topological polar surface area (TPSA) is 150 Å². The van der Waals surface area contributed by atoms with Crippen LogP contribution in [0.4, 0.5) is 17.1 Å². The van der Waals surface area contributed by atoms with Crippen LogP contribution in [0.25, 0.3) is 0 Å². The van der Waals surface area contributed by atoms with E-state index < -0.39 is 27.1 Å². The number of amides is 1. The van der Waals surface area contributed by atoms with Gasteiger partial charge in [0.05, 0.1) is 15.4 Å². The molecular formula is C20H17N5O6. The van der Waals surface area contributed by atoms with Gasteiger partial charge < -0.3 is 10.1 Å². The molecule has 0 saturated heterocycles. The second kappa shape index (κ2) is 8.53. The van der Waals surface area contributed by atoms with Crippen LogP contribution in [0.2, 0.25) is 0 Å². The number of nitrogens with one attached hydrogen (secondary N) is 1. The van der Waals surface area contributed by atoms with Gasteiger partial charge >= 0.3 is 6.01 Å². The van der Waals surface area contributed by atoms with E-state index in [0.29, 0.717) is 11.4 Å². The van der Waals surface area contributed by atoms with Gasteiger partial charge in [-0.05, 0) is 39.0 Å². The molecule has 31 heavy (non-hydrogen) atoms. The van der Waals surface area contributed by atoms with E-state index in [0.717, 1.165) is 23.5 Å². The Balaban J connectivity index is 1.86. The van der Waals surface area contributed by atoms with Crippen molar-refractivity contribution in [2.45, 2.75) is 20.8 Å². The number of carbonyl (C=O) groups excluding carboxylic acids is 1. The molecule has 1 amide bonds. The quantitative estimate of drug-likeness (QED) is 0.456. The standard InChI is InChI=1S/C20H17N5O6/c1-11-7-12(2)22-20(21-11)31-16-6-4-5-15(10-16)23-19(26)14-8-17(24(27)28)13(3)18(9-14)25(29)30/h4-10H,1-3H3,(H,23,26). The van der Waals surface area contributed by atoms with Crippen molar-refractivity contribution >= 4 is 23.0 Å². The van der Waals surface area contributed by atoms with Gasteiger partial charge in [-0.15, -0.1) is 0 Å². The molecule has 0 bridgehead atoms. The molecule has 0 saturated carbocycles. The minimum Gasteiger partial charge on any atom is -0.424 e. The predicted molar refractivity (Wildman–Crippen MR) is 110 cm³/mol. The average molecular weight is 423 g/mol. The van der Waals surface area contributed by atoms with E-state index in [1.165, 1.54) is 13.0 Å². The van der Waals surface area contributed by atoms with Crippen molar-refractivity contribution in [1.29, 1.82) is 0 Å². The van der Waals surface area contributed by atoms with Crippen LogP contribution >= 0.6 is 0 Å². The number of aromatic nitrogens is 2. The highest BCUT2D eigenvalue weighted by Crippen LogP contribution is 2.30. The summed E-state index contributed by atoms with van der Waals surface area (Å²) < 4.78 is 5.63. The zero-order valence-corrected chi connectivity index (χ0v) is 16.8. The van der Waals surface area contributed by atoms with Crippen molar-refractivity contribution in [1.82, 2.24) is 9.97 Å². The number of nitro groups is 2. The molecule has 1 N–H and O–H groups in total. The first-order valence-corrected chi connectivity index (χ1v) is 8.99. The second-order valence-electron chi connectivity index (χ2n) is 6.67. The molecule has 11 heteroatoms. The summed E-state index contributed by atoms with van der Waals surface area (Å²) in [4.78, 5) is 41.9. The second-order valence-corrected chi connectivity index (χ2v) is 6.67. The number of rotatable bonds is 6. The molecule has 1 heterocycles. The minimum atomic E-state index is -0.766. The van der Waals surface area contributed by atoms with E-state index >= 15 is 0 Å². The smallest absolute Gasteiger partial charge is 0.322 e. The highest BCUT2D eigenvalue weighted by atomic mass is 16.6. The van der Waals surface area contributed by atoms with Crippen molar-refractivity contribution in [3.05, 3.63) is 85.2 Å². The Labute approximate surface area is 176 Å². The number of nitro benzene ring substituents is 2. The Hall–Kier alpha value is -4.41. The lowest BCUT2D eigenvalue weighted by atomic mass is 10.1. The van der Waals surface area contributed by atoms with Crippen molar-refractivity contribution in [2.75, 3.05) is 5.32 Å². The fourth-order valence-electron chi connectivity index (χ4n) is 2.88. The van der Waals surface area contributed by atoms with Crippen molar-refractivity contribution in [2.24, 2.45) is 0 Å². The Morgan fingerprint density at radius 3 is 2.06 bits per heavy atom. The summed E-state index contributed by atoms with van der Waals surface area (Å²) in [5.74, 6) is -0.394. The number of carbonyl (C=O) groups is 1. The highest BCUT2D eigenvalue weighted by Gasteiger charge is 2.25. The van der Waals surface area contributed by atoms with E-state index in [-0.39, 0.29) is 17.1 Å². The van der Waals surface area contributed by atoms with Gasteiger partial charge in [0, 0.05) is 35.3 Å². The van der Waals surface area contributed by atoms with Crippen LogP contribution in [0, 0.1) is 41.0 Å². The van der Waals surface area contributed by atoms with Crippen LogP contribution in [-0.4, -0.2) is 25.7 Å². The molecule has 0 spiro atoms. The van der Waals surface area contributed by atoms with Gasteiger partial charge in [0.1, 0.15) is 11.3 Å². The fourth-order valence-corrected chi connectivity index (χ4v) is 2.88. The van der Waals surface area contributed by atoms with E-state index in [4.69, 9.17) is 4.74 Å². The third kappa shape index (κ3) is 4.96. The SMILES string of the molecule is Cc1cc(C)nc(Oc2cccc(NC(=O)c3cc([N+](=O)[O-])c(C)c([N+](=O)[O-])c3)c2)n1. The van der Waals surface area contributed by atoms with Gasteiger partial charge in [-0.2, -0.15) is 0 Å². The Kier molecular flexibility index (Phi) is 5.86. The molecule has 0 aliphatic heterocycles. The Morgan fingerprint density at radius 1 is 0.935 bits per heavy atom. The van der Waals surface area contributed by atoms with Crippen molar-refractivity contribution in [3.8, 4) is 11.8 Å². The summed E-state index contributed by atoms with van der Waals surface area (Å²) in [7, 11) is 0. The molecule has 158 valence electrons. The van der Waals surface area contributed by atoms with Crippen LogP contribution in [0.1, 0.15) is 27.3 Å². The summed E-state index contributed by atoms with van der Waals surface area (Å²) in [6, 6.07) is 10.3. The van der Waals surface area contributed by atoms with Gasteiger partial charge in [-0.25, -0.2) is 9.97 Å². The third-order valence-corrected chi connectivity index (χ3v) is 4.27. The largest absolute Gasteiger partial charge is 0.424 e. The Morgan fingerprint density at radius 2 is 1.52 bits per heavy atom. The summed E-state index contributed by atoms with van der Waals surface area (Å²) in [5, 5.41) is 25.0. The van der Waals surface area contributed by atoms with Crippen LogP contribution < -0.4 is 10.1 Å². The van der Waals surface area contributed by atoms with Gasteiger partial charge in [0.15, 0.2) is 0 Å². The maximum absolute atomic E-state index is 12.6. The van der Waals surface area contributed by atoms with Gasteiger partial charge in [-0.1, -0.05) is 6.07 Å². The summed E-state index contributed by atoms with van der Waals surface area (Å²) >= 11 is 0. The van der Waals surface area contributed by atoms with E-state index in [1.54, 1.807) is 38.1 Å². The molecule has 0 aliphatic rings. The van der Waals surface area contributed by atoms with E-state index in [1.807, 2.05) is 0 Å². The molecular weight excluding hydrogens is 406 g/mol. The first-order chi connectivity index (χ1) is 14.6. The number of nitrogens with zero attached hydrogens (tertiary/aromatic N) is 4. The summed E-state index contributed by atoms with van der Waals surface area (Å²) in [5.41, 5.74) is 0.414. The fraction of sp³-hybridized carbons (Fsp3) is 0.150. The van der Waals surface area contributed by atoms with Crippen LogP contribution in [0.5, 0.6) is 11.8 Å². The zero-order valence-electron chi connectivity index (χ0n) is 16.8. The molecule has 3 aromatic rings. The van der Waals surface area contributed by atoms with Crippen molar-refractivity contribution < 1.29 is 19.4 Å². The van der Waals surface area contributed by atoms with Crippen LogP contribution in [0.3, 0.4) is 0 Å². The highest BCUT2D eigenvalue weighted by molar-refractivity contribution is 6.05. The lowest BCUT2D eigenvalue weighted by Gasteiger charge is -2.09. The number of ether oxygens (including phenoxy) is 1. The average Bonchev–Trinajstić information content (AvgIpc) is 2.67. The first-order valence-electron chi connectivity index (χ1n) is 8.99. The molecule has 0 unspecified atom stereocenters. The molecule has 0 fully saturated rings. The molecule has 0 atom stereocenters. The number of hydrogen-bond acceptors (Lipinski definition) is 8. The Bertz CT molecular complexity index is 1160. The molecule has 0 aliphatic carbocycles. The molecule has 2 aromatic carbocycles. The third-order valence-electron chi connectivity index (χ3n) is 4.27. The minimum absolute atomic E-state index is 0.129. The molecule has 1 aromatic heterocycles. The molecule has 0 radical (unpaired) electrons. The first kappa shape index (κ1) is 21.3. The number of hydrogen-bond donors (Lipinski definition) is 1. The van der Waals surface area contributed by atoms with Crippen molar-refractivity contribution in [3.63, 3.8) is 0 Å². The maximum atomic E-state index is 12.6. The molecule has 11 nitrogen and oxygen atoms in total. The monoisotopic (exact) mass is 423 g/mol. The summed E-state index contributed by atoms with van der Waals surface area (Å²) in [6.07, 6.45) is 0. The lowest BCUT2D eigenvalue weighted by Crippen LogP contribution is -2.13. The van der Waals surface area contributed by atoms with E-state index in [2.05, 4.69) is 15.3 Å². The van der Waals surface area contributed by atoms with Gasteiger partial charge in [-0.3, -0.25) is 25.0 Å². The van der Waals surface area contributed by atoms with Crippen LogP contribution in [0.15, 0.2) is 42.5 Å². The van der Waals surface area contributed by atoms with Crippen LogP contribution in [-0.2, 0) is 0 Å². The predicted octanol–water partition coefficient (Wildman–Crippen LogP) is 4.26. The zero-order chi connectivity index (χ0) is 22.7. The lowest BCUT2D eigenvalue weighted by molar-refractivity contribution is -0.395. The van der Waals surface area contributed by atoms with E-state index in [9.17, 15) is 25.0 Å². The maximum Gasteiger partial charge on any atom is 0.322 e. The normalized spacial score (nSPS) is 10.4. The number of anilines is 1. The molecule has 3 rings (SSSR count). The van der Waals surface area contributed by atoms with Gasteiger partial charge in [0.2, 0.25) is 0 Å². The number of benzene rings is 2. The van der Waals surface area contributed by atoms with Gasteiger partial charge in [0.25, 0.3) is 17.3 Å². The summed E-state index contributed by atoms with van der Waals surface area (Å²) in [6.45, 7) is 4.87.